The molecule has 0 bridgehead atoms. The van der Waals surface area contributed by atoms with E-state index < -0.39 is 5.91 Å². The number of aryl methyl sites for hydroxylation is 2. The van der Waals surface area contributed by atoms with Gasteiger partial charge in [0.15, 0.2) is 4.34 Å². The number of rotatable bonds is 3. The highest BCUT2D eigenvalue weighted by Gasteiger charge is 2.16. The number of fused-ring (bicyclic) bond motifs is 1. The lowest BCUT2D eigenvalue weighted by Gasteiger charge is -1.95. The first-order valence-electron chi connectivity index (χ1n) is 5.77. The van der Waals surface area contributed by atoms with E-state index in [0.29, 0.717) is 11.1 Å². The largest absolute Gasteiger partial charge is 0.366 e. The normalized spacial score (nSPS) is 11.1. The van der Waals surface area contributed by atoms with E-state index in [1.165, 1.54) is 23.1 Å². The van der Waals surface area contributed by atoms with E-state index in [-0.39, 0.29) is 0 Å². The molecule has 7 heteroatoms. The van der Waals surface area contributed by atoms with Crippen molar-refractivity contribution in [1.82, 2.24) is 10.1 Å². The van der Waals surface area contributed by atoms with Crippen molar-refractivity contribution in [2.75, 3.05) is 0 Å². The quantitative estimate of drug-likeness (QED) is 0.804. The number of nitrogens with zero attached hydrogens (tertiary/aromatic N) is 2. The minimum absolute atomic E-state index is 0.393. The number of thiazole rings is 1. The summed E-state index contributed by atoms with van der Waals surface area (Å²) < 4.78 is 6.83. The molecule has 0 aliphatic heterocycles. The number of nitrogens with two attached hydrogens (primary N) is 1. The molecule has 2 aromatic heterocycles. The van der Waals surface area contributed by atoms with Gasteiger partial charge in [-0.05, 0) is 32.0 Å². The minimum Gasteiger partial charge on any atom is -0.366 e. The number of carbonyl (C=O) groups is 1. The van der Waals surface area contributed by atoms with Crippen LogP contribution in [0.25, 0.3) is 10.2 Å². The molecule has 3 aromatic rings. The summed E-state index contributed by atoms with van der Waals surface area (Å²) in [7, 11) is 0. The van der Waals surface area contributed by atoms with E-state index >= 15 is 0 Å². The zero-order chi connectivity index (χ0) is 14.3. The van der Waals surface area contributed by atoms with E-state index in [2.05, 4.69) is 16.2 Å². The maximum Gasteiger partial charge on any atom is 0.250 e. The van der Waals surface area contributed by atoms with Crippen LogP contribution in [0.4, 0.5) is 0 Å². The van der Waals surface area contributed by atoms with Crippen molar-refractivity contribution >= 4 is 39.2 Å². The Bertz CT molecular complexity index is 788. The second-order valence-corrected chi connectivity index (χ2v) is 6.47. The van der Waals surface area contributed by atoms with E-state index in [1.54, 1.807) is 12.1 Å². The SMILES string of the molecule is Cc1noc(C)c1Sc1nc2c(C(N)=O)c[c]cc2s1. The molecule has 20 heavy (non-hydrogen) atoms. The van der Waals surface area contributed by atoms with Crippen LogP contribution in [0.15, 0.2) is 25.9 Å². The lowest BCUT2D eigenvalue weighted by molar-refractivity contribution is 0.100. The molecule has 2 heterocycles. The lowest BCUT2D eigenvalue weighted by atomic mass is 10.2. The van der Waals surface area contributed by atoms with E-state index in [0.717, 1.165) is 25.4 Å². The Morgan fingerprint density at radius 3 is 2.90 bits per heavy atom. The average molecular weight is 304 g/mol. The predicted molar refractivity (Wildman–Crippen MR) is 77.1 cm³/mol. The molecule has 0 unspecified atom stereocenters. The highest BCUT2D eigenvalue weighted by molar-refractivity contribution is 8.01. The monoisotopic (exact) mass is 304 g/mol. The number of benzene rings is 1. The van der Waals surface area contributed by atoms with Crippen LogP contribution in [0, 0.1) is 19.9 Å². The zero-order valence-corrected chi connectivity index (χ0v) is 12.4. The first-order chi connectivity index (χ1) is 9.56. The molecular formula is C13H10N3O2S2. The first-order valence-corrected chi connectivity index (χ1v) is 7.40. The third kappa shape index (κ3) is 2.19. The molecule has 2 N–H and O–H groups in total. The molecule has 0 aliphatic carbocycles. The maximum absolute atomic E-state index is 11.4. The summed E-state index contributed by atoms with van der Waals surface area (Å²) in [6, 6.07) is 6.28. The van der Waals surface area contributed by atoms with Crippen molar-refractivity contribution in [1.29, 1.82) is 0 Å². The molecular weight excluding hydrogens is 294 g/mol. The number of hydrogen-bond acceptors (Lipinski definition) is 6. The van der Waals surface area contributed by atoms with Crippen LogP contribution in [-0.2, 0) is 0 Å². The van der Waals surface area contributed by atoms with Crippen molar-refractivity contribution in [2.24, 2.45) is 5.73 Å². The Morgan fingerprint density at radius 2 is 2.25 bits per heavy atom. The molecule has 101 valence electrons. The molecule has 0 saturated carbocycles. The smallest absolute Gasteiger partial charge is 0.250 e. The summed E-state index contributed by atoms with van der Waals surface area (Å²) in [5.74, 6) is 0.263. The van der Waals surface area contributed by atoms with E-state index in [1.807, 2.05) is 13.8 Å². The third-order valence-electron chi connectivity index (χ3n) is 2.75. The van der Waals surface area contributed by atoms with Gasteiger partial charge in [0.25, 0.3) is 5.91 Å². The van der Waals surface area contributed by atoms with Crippen LogP contribution in [0.3, 0.4) is 0 Å². The number of aromatic nitrogens is 2. The molecule has 0 atom stereocenters. The lowest BCUT2D eigenvalue weighted by Crippen LogP contribution is -2.11. The van der Waals surface area contributed by atoms with Gasteiger partial charge in [0.2, 0.25) is 0 Å². The standard InChI is InChI=1S/C13H10N3O2S2/c1-6-11(7(2)18-16-6)20-13-15-10-8(12(14)17)4-3-5-9(10)19-13/h4-5H,1-2H3,(H2,14,17). The first kappa shape index (κ1) is 13.1. The molecule has 0 spiro atoms. The fourth-order valence-electron chi connectivity index (χ4n) is 1.81. The van der Waals surface area contributed by atoms with Crippen LogP contribution < -0.4 is 5.73 Å². The molecule has 5 nitrogen and oxygen atoms in total. The third-order valence-corrected chi connectivity index (χ3v) is 5.10. The van der Waals surface area contributed by atoms with Gasteiger partial charge in [0.1, 0.15) is 5.76 Å². The summed E-state index contributed by atoms with van der Waals surface area (Å²) >= 11 is 2.97. The molecule has 0 fully saturated rings. The molecule has 1 amide bonds. The molecule has 0 aliphatic rings. The number of primary amides is 1. The van der Waals surface area contributed by atoms with Crippen molar-refractivity contribution < 1.29 is 9.32 Å². The van der Waals surface area contributed by atoms with Crippen molar-refractivity contribution in [3.8, 4) is 0 Å². The van der Waals surface area contributed by atoms with Crippen LogP contribution in [-0.4, -0.2) is 16.0 Å². The fourth-order valence-corrected chi connectivity index (χ4v) is 3.88. The van der Waals surface area contributed by atoms with Gasteiger partial charge in [-0.2, -0.15) is 0 Å². The molecule has 1 aromatic carbocycles. The van der Waals surface area contributed by atoms with Gasteiger partial charge in [0.05, 0.1) is 26.4 Å². The van der Waals surface area contributed by atoms with Gasteiger partial charge >= 0.3 is 0 Å². The van der Waals surface area contributed by atoms with Gasteiger partial charge in [-0.25, -0.2) is 4.98 Å². The van der Waals surface area contributed by atoms with Gasteiger partial charge in [-0.15, -0.1) is 11.3 Å². The fraction of sp³-hybridized carbons (Fsp3) is 0.154. The Balaban J connectivity index is 2.06. The zero-order valence-electron chi connectivity index (χ0n) is 10.8. The van der Waals surface area contributed by atoms with Gasteiger partial charge in [0, 0.05) is 0 Å². The van der Waals surface area contributed by atoms with Crippen molar-refractivity contribution in [3.05, 3.63) is 35.2 Å². The summed E-state index contributed by atoms with van der Waals surface area (Å²) in [6.45, 7) is 3.74. The van der Waals surface area contributed by atoms with Crippen LogP contribution in [0.1, 0.15) is 21.8 Å². The average Bonchev–Trinajstić information content (AvgIpc) is 2.95. The molecule has 0 saturated heterocycles. The van der Waals surface area contributed by atoms with Crippen molar-refractivity contribution in [3.63, 3.8) is 0 Å². The second kappa shape index (κ2) is 4.92. The highest BCUT2D eigenvalue weighted by atomic mass is 32.2. The summed E-state index contributed by atoms with van der Waals surface area (Å²) in [5, 5.41) is 3.91. The van der Waals surface area contributed by atoms with Crippen LogP contribution in [0.2, 0.25) is 0 Å². The van der Waals surface area contributed by atoms with E-state index in [4.69, 9.17) is 10.3 Å². The van der Waals surface area contributed by atoms with Crippen LogP contribution >= 0.6 is 23.1 Å². The number of hydrogen-bond donors (Lipinski definition) is 1. The Morgan fingerprint density at radius 1 is 1.45 bits per heavy atom. The van der Waals surface area contributed by atoms with Crippen LogP contribution in [0.5, 0.6) is 0 Å². The van der Waals surface area contributed by atoms with Gasteiger partial charge in [-0.3, -0.25) is 4.79 Å². The Labute approximate surface area is 123 Å². The number of amides is 1. The predicted octanol–water partition coefficient (Wildman–Crippen LogP) is 2.95. The Kier molecular flexibility index (Phi) is 3.23. The van der Waals surface area contributed by atoms with Gasteiger partial charge in [-0.1, -0.05) is 16.9 Å². The highest BCUT2D eigenvalue weighted by Crippen LogP contribution is 2.37. The van der Waals surface area contributed by atoms with Gasteiger partial charge < -0.3 is 10.3 Å². The molecule has 3 rings (SSSR count). The second-order valence-electron chi connectivity index (χ2n) is 4.18. The maximum atomic E-state index is 11.4. The van der Waals surface area contributed by atoms with E-state index in [9.17, 15) is 4.79 Å². The minimum atomic E-state index is -0.494. The Hall–Kier alpha value is -1.86. The summed E-state index contributed by atoms with van der Waals surface area (Å²) in [4.78, 5) is 16.8. The summed E-state index contributed by atoms with van der Waals surface area (Å²) in [6.07, 6.45) is 0. The number of carbonyl (C=O) groups excluding carboxylic acids is 1. The topological polar surface area (TPSA) is 82.0 Å². The molecule has 1 radical (unpaired) electrons. The summed E-state index contributed by atoms with van der Waals surface area (Å²) in [5.41, 5.74) is 7.19. The van der Waals surface area contributed by atoms with Crippen molar-refractivity contribution in [2.45, 2.75) is 23.1 Å².